The average Bonchev–Trinajstić information content (AvgIpc) is 3.24. The zero-order valence-electron chi connectivity index (χ0n) is 28.1. The number of esters is 2. The molecule has 0 aromatic rings. The summed E-state index contributed by atoms with van der Waals surface area (Å²) in [7, 11) is 0. The summed E-state index contributed by atoms with van der Waals surface area (Å²) in [6.45, 7) is 6.58. The highest BCUT2D eigenvalue weighted by Gasteiger charge is 2.76. The van der Waals surface area contributed by atoms with Gasteiger partial charge in [0.05, 0.1) is 24.0 Å². The second-order valence-electron chi connectivity index (χ2n) is 14.0. The quantitative estimate of drug-likeness (QED) is 0.0830. The number of nitrogens with one attached hydrogen (secondary N) is 1. The van der Waals surface area contributed by atoms with Crippen LogP contribution in [0.5, 0.6) is 0 Å². The maximum absolute atomic E-state index is 14.2. The minimum atomic E-state index is -1.68. The molecule has 0 aliphatic heterocycles. The fourth-order valence-corrected chi connectivity index (χ4v) is 9.59. The van der Waals surface area contributed by atoms with Crippen molar-refractivity contribution in [3.05, 3.63) is 33.9 Å². The Morgan fingerprint density at radius 3 is 2.54 bits per heavy atom. The molecule has 0 aromatic carbocycles. The van der Waals surface area contributed by atoms with Crippen molar-refractivity contribution in [3.8, 4) is 0 Å². The molecule has 14 heteroatoms. The Bertz CT molecular complexity index is 1380. The molecule has 0 unspecified atom stereocenters. The summed E-state index contributed by atoms with van der Waals surface area (Å²) >= 11 is 7.53. The lowest BCUT2D eigenvalue weighted by Crippen LogP contribution is -2.69. The van der Waals surface area contributed by atoms with E-state index >= 15 is 0 Å². The number of carbonyl (C=O) groups is 5. The first-order valence-corrected chi connectivity index (χ1v) is 17.2. The molecule has 0 aromatic heterocycles. The molecule has 13 nitrogen and oxygen atoms in total. The second kappa shape index (κ2) is 14.7. The van der Waals surface area contributed by atoms with Crippen molar-refractivity contribution < 1.29 is 48.5 Å². The van der Waals surface area contributed by atoms with Crippen LogP contribution in [0.1, 0.15) is 91.9 Å². The number of ether oxygens (including phenoxy) is 2. The summed E-state index contributed by atoms with van der Waals surface area (Å²) in [5.74, 6) is -3.24. The number of aliphatic hydroxyl groups is 1. The van der Waals surface area contributed by atoms with Crippen LogP contribution in [0.3, 0.4) is 0 Å². The molecule has 4 aliphatic rings. The minimum absolute atomic E-state index is 0.0105. The number of allylic oxidation sites excluding steroid dienone is 4. The molecule has 8 atom stereocenters. The largest absolute Gasteiger partial charge is 0.457 e. The number of hydrogen-bond acceptors (Lipinski definition) is 11. The van der Waals surface area contributed by atoms with Gasteiger partial charge >= 0.3 is 11.9 Å². The molecule has 3 fully saturated rings. The number of halogens is 1. The number of ketones is 2. The summed E-state index contributed by atoms with van der Waals surface area (Å²) in [5.41, 5.74) is -2.63. The van der Waals surface area contributed by atoms with Gasteiger partial charge in [-0.3, -0.25) is 24.0 Å². The van der Waals surface area contributed by atoms with Gasteiger partial charge in [0.1, 0.15) is 0 Å². The molecule has 3 saturated carbocycles. The topological polar surface area (TPSA) is 188 Å². The van der Waals surface area contributed by atoms with Crippen LogP contribution in [0.25, 0.3) is 0 Å². The summed E-state index contributed by atoms with van der Waals surface area (Å²) in [4.78, 5) is 77.4. The van der Waals surface area contributed by atoms with Crippen LogP contribution in [0.4, 0.5) is 0 Å². The average molecular weight is 695 g/mol. The van der Waals surface area contributed by atoms with Crippen molar-refractivity contribution in [1.29, 1.82) is 0 Å². The molecule has 0 saturated heterocycles. The smallest absolute Gasteiger partial charge is 0.308 e. The first-order chi connectivity index (χ1) is 22.6. The Balaban J connectivity index is 1.43. The Morgan fingerprint density at radius 2 is 1.85 bits per heavy atom. The molecule has 0 radical (unpaired) electrons. The van der Waals surface area contributed by atoms with Gasteiger partial charge in [0.2, 0.25) is 11.7 Å². The SMILES string of the molecule is CCC(=O)O[C@@]1(C(=O)COC(=O)CCNC(=O)CCCCCO[N+](=O)[O-])[C@@H](C)C[C@H]2[C@@H]3CCC4=CC(=O)C=C[C@]4(C)[C@@]3(Cl)[C@@H](O)C[C@@]21C. The lowest BCUT2D eigenvalue weighted by molar-refractivity contribution is -0.757. The van der Waals surface area contributed by atoms with E-state index < -0.39 is 62.7 Å². The summed E-state index contributed by atoms with van der Waals surface area (Å²) < 4.78 is 11.5. The molecule has 0 spiro atoms. The van der Waals surface area contributed by atoms with Crippen LogP contribution in [0.15, 0.2) is 23.8 Å². The molecule has 266 valence electrons. The summed E-state index contributed by atoms with van der Waals surface area (Å²) in [5, 5.41) is 23.8. The van der Waals surface area contributed by atoms with Gasteiger partial charge < -0.3 is 24.7 Å². The van der Waals surface area contributed by atoms with E-state index in [-0.39, 0.29) is 62.4 Å². The first kappa shape index (κ1) is 37.5. The van der Waals surface area contributed by atoms with Crippen molar-refractivity contribution in [1.82, 2.24) is 5.32 Å². The molecule has 0 heterocycles. The number of aliphatic hydroxyl groups excluding tert-OH is 1. The number of rotatable bonds is 15. The fraction of sp³-hybridized carbons (Fsp3) is 0.735. The van der Waals surface area contributed by atoms with E-state index in [9.17, 15) is 39.2 Å². The van der Waals surface area contributed by atoms with Gasteiger partial charge in [-0.2, -0.15) is 0 Å². The third-order valence-corrected chi connectivity index (χ3v) is 12.3. The zero-order valence-corrected chi connectivity index (χ0v) is 28.8. The first-order valence-electron chi connectivity index (χ1n) is 16.8. The Hall–Kier alpha value is -3.32. The van der Waals surface area contributed by atoms with Gasteiger partial charge in [-0.1, -0.05) is 45.8 Å². The van der Waals surface area contributed by atoms with Crippen LogP contribution in [-0.2, 0) is 38.3 Å². The Labute approximate surface area is 285 Å². The number of fused-ring (bicyclic) bond motifs is 5. The third kappa shape index (κ3) is 6.64. The second-order valence-corrected chi connectivity index (χ2v) is 14.6. The van der Waals surface area contributed by atoms with E-state index in [0.717, 1.165) is 5.57 Å². The lowest BCUT2D eigenvalue weighted by Gasteiger charge is -2.64. The minimum Gasteiger partial charge on any atom is -0.457 e. The van der Waals surface area contributed by atoms with E-state index in [1.807, 2.05) is 20.8 Å². The summed E-state index contributed by atoms with van der Waals surface area (Å²) in [6.07, 6.45) is 7.01. The number of hydrogen-bond donors (Lipinski definition) is 2. The highest BCUT2D eigenvalue weighted by molar-refractivity contribution is 6.26. The van der Waals surface area contributed by atoms with Crippen LogP contribution in [-0.4, -0.2) is 75.9 Å². The van der Waals surface area contributed by atoms with Crippen LogP contribution >= 0.6 is 11.6 Å². The Morgan fingerprint density at radius 1 is 1.12 bits per heavy atom. The van der Waals surface area contributed by atoms with Crippen molar-refractivity contribution in [2.45, 2.75) is 108 Å². The standard InChI is InChI=1S/C34H47ClN2O11/c1-5-29(42)48-34(27(40)20-46-30(43)13-15-36-28(41)9-7-6-8-16-47-37(44)45)21(2)17-25-24-11-10-22-18-23(38)12-14-31(22,3)33(24,35)26(39)19-32(25,34)4/h12,14,18,21,24-26,39H,5-11,13,15-17,19-20H2,1-4H3,(H,36,41)/t21-,24-,25-,26-,31-,32-,33-,34+/m0/s1. The van der Waals surface area contributed by atoms with Gasteiger partial charge in [-0.15, -0.1) is 21.7 Å². The molecular formula is C34H47ClN2O11. The van der Waals surface area contributed by atoms with E-state index in [0.29, 0.717) is 38.5 Å². The number of carbonyl (C=O) groups excluding carboxylic acids is 5. The van der Waals surface area contributed by atoms with E-state index in [2.05, 4.69) is 10.2 Å². The number of unbranched alkanes of at least 4 members (excludes halogenated alkanes) is 2. The molecule has 0 bridgehead atoms. The molecule has 4 rings (SSSR count). The van der Waals surface area contributed by atoms with Gasteiger partial charge in [-0.05, 0) is 62.5 Å². The number of nitrogens with zero attached hydrogens (tertiary/aromatic N) is 1. The van der Waals surface area contributed by atoms with Gasteiger partial charge in [0, 0.05) is 36.1 Å². The zero-order chi connectivity index (χ0) is 35.5. The van der Waals surface area contributed by atoms with Gasteiger partial charge in [0.15, 0.2) is 18.0 Å². The lowest BCUT2D eigenvalue weighted by atomic mass is 9.45. The maximum atomic E-state index is 14.2. The molecule has 48 heavy (non-hydrogen) atoms. The monoisotopic (exact) mass is 694 g/mol. The normalized spacial score (nSPS) is 35.0. The number of alkyl halides is 1. The predicted molar refractivity (Wildman–Crippen MR) is 172 cm³/mol. The van der Waals surface area contributed by atoms with E-state index in [1.54, 1.807) is 19.1 Å². The van der Waals surface area contributed by atoms with Crippen molar-refractivity contribution >= 4 is 41.0 Å². The highest BCUT2D eigenvalue weighted by Crippen LogP contribution is 2.72. The van der Waals surface area contributed by atoms with Gasteiger partial charge in [0.25, 0.3) is 5.09 Å². The Kier molecular flexibility index (Phi) is 11.4. The van der Waals surface area contributed by atoms with Crippen molar-refractivity contribution in [3.63, 3.8) is 0 Å². The highest BCUT2D eigenvalue weighted by atomic mass is 35.5. The van der Waals surface area contributed by atoms with Crippen molar-refractivity contribution in [2.75, 3.05) is 19.8 Å². The molecule has 1 amide bonds. The third-order valence-electron chi connectivity index (χ3n) is 11.4. The fourth-order valence-electron chi connectivity index (χ4n) is 9.07. The molecule has 2 N–H and O–H groups in total. The maximum Gasteiger partial charge on any atom is 0.308 e. The number of amides is 1. The summed E-state index contributed by atoms with van der Waals surface area (Å²) in [6, 6.07) is 0. The van der Waals surface area contributed by atoms with Crippen LogP contribution < -0.4 is 5.32 Å². The number of Topliss-reactive ketones (excluding diaryl/α,β-unsaturated/α-hetero) is 1. The molecule has 4 aliphatic carbocycles. The van der Waals surface area contributed by atoms with Gasteiger partial charge in [-0.25, -0.2) is 0 Å². The van der Waals surface area contributed by atoms with Crippen LogP contribution in [0.2, 0.25) is 0 Å². The van der Waals surface area contributed by atoms with Crippen molar-refractivity contribution in [2.24, 2.45) is 28.6 Å². The van der Waals surface area contributed by atoms with E-state index in [4.69, 9.17) is 21.1 Å². The predicted octanol–water partition coefficient (Wildman–Crippen LogP) is 3.95. The molecular weight excluding hydrogens is 648 g/mol. The van der Waals surface area contributed by atoms with Crippen LogP contribution in [0, 0.1) is 38.7 Å². The van der Waals surface area contributed by atoms with E-state index in [1.165, 1.54) is 6.08 Å².